The van der Waals surface area contributed by atoms with E-state index in [1.807, 2.05) is 25.1 Å². The molecule has 3 N–H and O–H groups in total. The van der Waals surface area contributed by atoms with E-state index in [0.717, 1.165) is 36.6 Å². The molecule has 0 radical (unpaired) electrons. The Morgan fingerprint density at radius 1 is 1.53 bits per heavy atom. The number of hydrogen-bond donors (Lipinski definition) is 2. The highest BCUT2D eigenvalue weighted by molar-refractivity contribution is 5.47. The van der Waals surface area contributed by atoms with E-state index in [1.54, 1.807) is 0 Å². The first-order chi connectivity index (χ1) is 9.22. The van der Waals surface area contributed by atoms with Crippen molar-refractivity contribution in [1.29, 1.82) is 0 Å². The van der Waals surface area contributed by atoms with Crippen LogP contribution in [-0.4, -0.2) is 49.0 Å². The number of morpholine rings is 1. The molecule has 1 saturated heterocycles. The number of rotatable bonds is 5. The predicted octanol–water partition coefficient (Wildman–Crippen LogP) is 0.861. The van der Waals surface area contributed by atoms with Crippen LogP contribution in [-0.2, 0) is 11.3 Å². The number of aliphatic hydroxyl groups excluding tert-OH is 1. The third-order valence-electron chi connectivity index (χ3n) is 3.20. The molecule has 0 bridgehead atoms. The van der Waals surface area contributed by atoms with Gasteiger partial charge >= 0.3 is 0 Å². The van der Waals surface area contributed by atoms with E-state index in [2.05, 4.69) is 4.90 Å². The van der Waals surface area contributed by atoms with Crippen LogP contribution >= 0.6 is 0 Å². The highest BCUT2D eigenvalue weighted by atomic mass is 16.5. The lowest BCUT2D eigenvalue weighted by atomic mass is 10.1. The lowest BCUT2D eigenvalue weighted by Gasteiger charge is -2.32. The molecule has 19 heavy (non-hydrogen) atoms. The van der Waals surface area contributed by atoms with Gasteiger partial charge in [-0.1, -0.05) is 0 Å². The molecule has 0 aliphatic carbocycles. The lowest BCUT2D eigenvalue weighted by molar-refractivity contribution is -0.0552. The van der Waals surface area contributed by atoms with Gasteiger partial charge < -0.3 is 20.3 Å². The summed E-state index contributed by atoms with van der Waals surface area (Å²) in [6, 6.07) is 5.72. The van der Waals surface area contributed by atoms with Crippen molar-refractivity contribution in [2.24, 2.45) is 0 Å². The second kappa shape index (κ2) is 6.75. The van der Waals surface area contributed by atoms with Gasteiger partial charge in [0.15, 0.2) is 0 Å². The summed E-state index contributed by atoms with van der Waals surface area (Å²) >= 11 is 0. The summed E-state index contributed by atoms with van der Waals surface area (Å²) in [6.45, 7) is 5.67. The molecule has 1 unspecified atom stereocenters. The maximum absolute atomic E-state index is 9.16. The summed E-state index contributed by atoms with van der Waals surface area (Å²) in [4.78, 5) is 2.25. The summed E-state index contributed by atoms with van der Waals surface area (Å²) in [7, 11) is 0. The Kier molecular flexibility index (Phi) is 5.01. The van der Waals surface area contributed by atoms with E-state index >= 15 is 0 Å². The fourth-order valence-corrected chi connectivity index (χ4v) is 2.29. The van der Waals surface area contributed by atoms with Gasteiger partial charge in [-0.05, 0) is 25.1 Å². The van der Waals surface area contributed by atoms with E-state index in [9.17, 15) is 0 Å². The summed E-state index contributed by atoms with van der Waals surface area (Å²) in [6.07, 6.45) is -0.0923. The first-order valence-corrected chi connectivity index (χ1v) is 6.69. The number of nitrogens with zero attached hydrogens (tertiary/aromatic N) is 1. The first kappa shape index (κ1) is 14.1. The largest absolute Gasteiger partial charge is 0.494 e. The topological polar surface area (TPSA) is 68.0 Å². The molecular formula is C14H22N2O3. The zero-order chi connectivity index (χ0) is 13.7. The molecule has 0 aromatic heterocycles. The molecule has 1 fully saturated rings. The monoisotopic (exact) mass is 266 g/mol. The third kappa shape index (κ3) is 3.83. The highest BCUT2D eigenvalue weighted by Gasteiger charge is 2.20. The SMILES string of the molecule is CCOc1ccc(N)cc1CN1CCOC(CO)C1. The summed E-state index contributed by atoms with van der Waals surface area (Å²) in [5.74, 6) is 0.878. The van der Waals surface area contributed by atoms with Crippen LogP contribution in [0.15, 0.2) is 18.2 Å². The number of nitrogens with two attached hydrogens (primary N) is 1. The van der Waals surface area contributed by atoms with Crippen molar-refractivity contribution in [2.75, 3.05) is 38.6 Å². The molecule has 1 heterocycles. The molecule has 5 heteroatoms. The van der Waals surface area contributed by atoms with Crippen LogP contribution < -0.4 is 10.5 Å². The summed E-state index contributed by atoms with van der Waals surface area (Å²) in [5, 5.41) is 9.16. The van der Waals surface area contributed by atoms with Crippen LogP contribution in [0, 0.1) is 0 Å². The molecule has 1 aromatic carbocycles. The molecule has 0 saturated carbocycles. The van der Waals surface area contributed by atoms with Gasteiger partial charge in [-0.3, -0.25) is 4.90 Å². The molecule has 0 amide bonds. The minimum Gasteiger partial charge on any atom is -0.494 e. The van der Waals surface area contributed by atoms with Crippen molar-refractivity contribution in [3.8, 4) is 5.75 Å². The average molecular weight is 266 g/mol. The fraction of sp³-hybridized carbons (Fsp3) is 0.571. The quantitative estimate of drug-likeness (QED) is 0.774. The van der Waals surface area contributed by atoms with Gasteiger partial charge in [0, 0.05) is 30.9 Å². The molecule has 5 nitrogen and oxygen atoms in total. The van der Waals surface area contributed by atoms with Gasteiger partial charge in [0.05, 0.1) is 25.9 Å². The zero-order valence-corrected chi connectivity index (χ0v) is 11.3. The molecule has 106 valence electrons. The first-order valence-electron chi connectivity index (χ1n) is 6.69. The average Bonchev–Trinajstić information content (AvgIpc) is 2.42. The van der Waals surface area contributed by atoms with E-state index < -0.39 is 0 Å². The van der Waals surface area contributed by atoms with Crippen LogP contribution in [0.25, 0.3) is 0 Å². The maximum Gasteiger partial charge on any atom is 0.123 e. The van der Waals surface area contributed by atoms with Gasteiger partial charge in [0.2, 0.25) is 0 Å². The van der Waals surface area contributed by atoms with Crippen molar-refractivity contribution in [1.82, 2.24) is 4.90 Å². The lowest BCUT2D eigenvalue weighted by Crippen LogP contribution is -2.43. The van der Waals surface area contributed by atoms with Gasteiger partial charge in [-0.2, -0.15) is 0 Å². The van der Waals surface area contributed by atoms with Crippen molar-refractivity contribution in [3.63, 3.8) is 0 Å². The van der Waals surface area contributed by atoms with Crippen LogP contribution in [0.2, 0.25) is 0 Å². The molecule has 2 rings (SSSR count). The maximum atomic E-state index is 9.16. The molecule has 1 atom stereocenters. The van der Waals surface area contributed by atoms with Crippen LogP contribution in [0.3, 0.4) is 0 Å². The molecule has 1 aromatic rings. The number of hydrogen-bond acceptors (Lipinski definition) is 5. The normalized spacial score (nSPS) is 20.4. The number of anilines is 1. The fourth-order valence-electron chi connectivity index (χ4n) is 2.29. The Morgan fingerprint density at radius 2 is 2.37 bits per heavy atom. The predicted molar refractivity (Wildman–Crippen MR) is 74.1 cm³/mol. The van der Waals surface area contributed by atoms with Crippen molar-refractivity contribution in [3.05, 3.63) is 23.8 Å². The minimum atomic E-state index is -0.0923. The Labute approximate surface area is 113 Å². The Morgan fingerprint density at radius 3 is 3.11 bits per heavy atom. The highest BCUT2D eigenvalue weighted by Crippen LogP contribution is 2.24. The van der Waals surface area contributed by atoms with Crippen molar-refractivity contribution >= 4 is 5.69 Å². The Bertz CT molecular complexity index is 412. The second-order valence-electron chi connectivity index (χ2n) is 4.71. The standard InChI is InChI=1S/C14H22N2O3/c1-2-18-14-4-3-12(15)7-11(14)8-16-5-6-19-13(9-16)10-17/h3-4,7,13,17H,2,5-6,8-10,15H2,1H3. The number of aliphatic hydroxyl groups is 1. The molecule has 0 spiro atoms. The van der Waals surface area contributed by atoms with Crippen LogP contribution in [0.5, 0.6) is 5.75 Å². The van der Waals surface area contributed by atoms with Crippen LogP contribution in [0.1, 0.15) is 12.5 Å². The van der Waals surface area contributed by atoms with E-state index in [4.69, 9.17) is 20.3 Å². The van der Waals surface area contributed by atoms with Gasteiger partial charge in [-0.15, -0.1) is 0 Å². The van der Waals surface area contributed by atoms with E-state index in [1.165, 1.54) is 0 Å². The molecule has 1 aliphatic rings. The van der Waals surface area contributed by atoms with E-state index in [0.29, 0.717) is 13.2 Å². The smallest absolute Gasteiger partial charge is 0.123 e. The second-order valence-corrected chi connectivity index (χ2v) is 4.71. The number of ether oxygens (including phenoxy) is 2. The van der Waals surface area contributed by atoms with Gasteiger partial charge in [0.1, 0.15) is 5.75 Å². The molecule has 1 aliphatic heterocycles. The van der Waals surface area contributed by atoms with Crippen molar-refractivity contribution < 1.29 is 14.6 Å². The molecular weight excluding hydrogens is 244 g/mol. The Balaban J connectivity index is 2.06. The third-order valence-corrected chi connectivity index (χ3v) is 3.20. The van der Waals surface area contributed by atoms with Gasteiger partial charge in [-0.25, -0.2) is 0 Å². The Hall–Kier alpha value is -1.30. The van der Waals surface area contributed by atoms with Crippen LogP contribution in [0.4, 0.5) is 5.69 Å². The summed E-state index contributed by atoms with van der Waals surface area (Å²) < 4.78 is 11.1. The van der Waals surface area contributed by atoms with E-state index in [-0.39, 0.29) is 12.7 Å². The number of benzene rings is 1. The van der Waals surface area contributed by atoms with Crippen molar-refractivity contribution in [2.45, 2.75) is 19.6 Å². The number of nitrogen functional groups attached to an aromatic ring is 1. The minimum absolute atomic E-state index is 0.0613. The summed E-state index contributed by atoms with van der Waals surface area (Å²) in [5.41, 5.74) is 7.67. The zero-order valence-electron chi connectivity index (χ0n) is 11.3. The van der Waals surface area contributed by atoms with Gasteiger partial charge in [0.25, 0.3) is 0 Å².